The van der Waals surface area contributed by atoms with E-state index in [9.17, 15) is 28.1 Å². The van der Waals surface area contributed by atoms with Crippen molar-refractivity contribution in [1.29, 1.82) is 0 Å². The number of hydrogen-bond acceptors (Lipinski definition) is 6. The lowest BCUT2D eigenvalue weighted by Crippen LogP contribution is -2.22. The maximum absolute atomic E-state index is 12.7. The van der Waals surface area contributed by atoms with Gasteiger partial charge in [0.05, 0.1) is 15.5 Å². The van der Waals surface area contributed by atoms with Crippen molar-refractivity contribution in [1.82, 2.24) is 5.32 Å². The number of nitrogens with zero attached hydrogens (tertiary/aromatic N) is 2. The van der Waals surface area contributed by atoms with E-state index in [1.165, 1.54) is 0 Å². The number of benzene rings is 2. The number of oxime groups is 1. The number of carbonyl (C=O) groups excluding carboxylic acids is 1. The van der Waals surface area contributed by atoms with Crippen LogP contribution >= 0.6 is 11.6 Å². The predicted molar refractivity (Wildman–Crippen MR) is 87.4 cm³/mol. The molecule has 0 saturated carbocycles. The number of rotatable bonds is 5. The van der Waals surface area contributed by atoms with Gasteiger partial charge in [0.2, 0.25) is 0 Å². The van der Waals surface area contributed by atoms with Gasteiger partial charge in [-0.05, 0) is 24.3 Å². The van der Waals surface area contributed by atoms with E-state index in [0.29, 0.717) is 12.4 Å². The molecule has 0 radical (unpaired) electrons. The Labute approximate surface area is 154 Å². The second-order valence-corrected chi connectivity index (χ2v) is 5.31. The van der Waals surface area contributed by atoms with Crippen molar-refractivity contribution in [3.8, 4) is 11.5 Å². The Morgan fingerprint density at radius 2 is 2.00 bits per heavy atom. The minimum absolute atomic E-state index is 0.0895. The maximum atomic E-state index is 12.7. The number of hydrogen-bond donors (Lipinski definition) is 2. The van der Waals surface area contributed by atoms with Crippen molar-refractivity contribution in [3.63, 3.8) is 0 Å². The van der Waals surface area contributed by atoms with Crippen LogP contribution in [0.15, 0.2) is 41.6 Å². The lowest BCUT2D eigenvalue weighted by molar-refractivity contribution is -0.385. The van der Waals surface area contributed by atoms with Crippen LogP contribution in [-0.2, 0) is 6.18 Å². The van der Waals surface area contributed by atoms with Crippen LogP contribution in [0.5, 0.6) is 11.5 Å². The molecule has 1 amide bonds. The fourth-order valence-corrected chi connectivity index (χ4v) is 2.19. The SMILES string of the molecule is O=C(NC=NO)c1cc(Oc2ccc(C(F)(F)F)cc2Cl)ccc1[N+](=O)[O-]. The summed E-state index contributed by atoms with van der Waals surface area (Å²) >= 11 is 5.78. The number of nitro groups is 1. The number of alkyl halides is 3. The van der Waals surface area contributed by atoms with Gasteiger partial charge in [-0.3, -0.25) is 14.9 Å². The average molecular weight is 404 g/mol. The molecule has 2 aromatic rings. The van der Waals surface area contributed by atoms with Crippen LogP contribution in [0.2, 0.25) is 5.02 Å². The van der Waals surface area contributed by atoms with E-state index < -0.39 is 33.8 Å². The van der Waals surface area contributed by atoms with Crippen molar-refractivity contribution in [2.75, 3.05) is 0 Å². The average Bonchev–Trinajstić information content (AvgIpc) is 2.60. The molecule has 0 aliphatic heterocycles. The summed E-state index contributed by atoms with van der Waals surface area (Å²) in [6.45, 7) is 0. The van der Waals surface area contributed by atoms with Gasteiger partial charge in [0, 0.05) is 12.1 Å². The molecule has 0 aliphatic carbocycles. The lowest BCUT2D eigenvalue weighted by atomic mass is 10.1. The van der Waals surface area contributed by atoms with Crippen LogP contribution in [0.4, 0.5) is 18.9 Å². The molecule has 27 heavy (non-hydrogen) atoms. The van der Waals surface area contributed by atoms with E-state index in [2.05, 4.69) is 5.16 Å². The fourth-order valence-electron chi connectivity index (χ4n) is 1.97. The Morgan fingerprint density at radius 3 is 2.56 bits per heavy atom. The molecule has 0 saturated heterocycles. The highest BCUT2D eigenvalue weighted by molar-refractivity contribution is 6.32. The maximum Gasteiger partial charge on any atom is 0.416 e. The normalized spacial score (nSPS) is 11.4. The largest absolute Gasteiger partial charge is 0.456 e. The fraction of sp³-hybridized carbons (Fsp3) is 0.0667. The summed E-state index contributed by atoms with van der Waals surface area (Å²) < 4.78 is 43.3. The van der Waals surface area contributed by atoms with Crippen LogP contribution in [0.3, 0.4) is 0 Å². The van der Waals surface area contributed by atoms with Crippen LogP contribution in [0.1, 0.15) is 15.9 Å². The predicted octanol–water partition coefficient (Wildman–Crippen LogP) is 4.21. The van der Waals surface area contributed by atoms with E-state index in [1.807, 2.05) is 5.32 Å². The molecule has 142 valence electrons. The van der Waals surface area contributed by atoms with Gasteiger partial charge in [-0.2, -0.15) is 13.2 Å². The van der Waals surface area contributed by atoms with Crippen LogP contribution in [0, 0.1) is 10.1 Å². The third kappa shape index (κ3) is 4.85. The zero-order valence-electron chi connectivity index (χ0n) is 13.0. The number of halogens is 4. The van der Waals surface area contributed by atoms with Crippen LogP contribution < -0.4 is 10.1 Å². The first-order valence-electron chi connectivity index (χ1n) is 6.93. The van der Waals surface area contributed by atoms with E-state index in [0.717, 1.165) is 30.3 Å². The number of amides is 1. The summed E-state index contributed by atoms with van der Waals surface area (Å²) in [5.74, 6) is -1.21. The summed E-state index contributed by atoms with van der Waals surface area (Å²) in [4.78, 5) is 22.1. The topological polar surface area (TPSA) is 114 Å². The molecule has 0 aliphatic rings. The highest BCUT2D eigenvalue weighted by Gasteiger charge is 2.31. The molecule has 0 heterocycles. The van der Waals surface area contributed by atoms with Gasteiger partial charge in [0.25, 0.3) is 11.6 Å². The second kappa shape index (κ2) is 7.91. The van der Waals surface area contributed by atoms with Crippen molar-refractivity contribution in [2.45, 2.75) is 6.18 Å². The summed E-state index contributed by atoms with van der Waals surface area (Å²) in [7, 11) is 0. The molecule has 0 unspecified atom stereocenters. The first kappa shape index (κ1) is 20.0. The summed E-state index contributed by atoms with van der Waals surface area (Å²) in [5.41, 5.74) is -1.97. The molecule has 0 spiro atoms. The van der Waals surface area contributed by atoms with Gasteiger partial charge in [-0.25, -0.2) is 0 Å². The zero-order chi connectivity index (χ0) is 20.2. The van der Waals surface area contributed by atoms with E-state index in [4.69, 9.17) is 21.5 Å². The van der Waals surface area contributed by atoms with Gasteiger partial charge in [0.1, 0.15) is 23.4 Å². The Hall–Kier alpha value is -3.34. The lowest BCUT2D eigenvalue weighted by Gasteiger charge is -2.12. The third-order valence-corrected chi connectivity index (χ3v) is 3.45. The smallest absolute Gasteiger partial charge is 0.416 e. The van der Waals surface area contributed by atoms with Crippen molar-refractivity contribution < 1.29 is 32.8 Å². The van der Waals surface area contributed by atoms with Gasteiger partial charge in [-0.1, -0.05) is 16.8 Å². The van der Waals surface area contributed by atoms with E-state index in [-0.39, 0.29) is 16.5 Å². The Bertz CT molecular complexity index is 918. The van der Waals surface area contributed by atoms with Gasteiger partial charge >= 0.3 is 6.18 Å². The standard InChI is InChI=1S/C15H9ClF3N3O5/c16-11-5-8(15(17,18)19)1-4-13(11)27-9-2-3-12(22(25)26)10(6-9)14(23)20-7-21-24/h1-7,24H,(H,20,21,23). The molecule has 2 rings (SSSR count). The number of ether oxygens (including phenoxy) is 1. The number of carbonyl (C=O) groups is 1. The summed E-state index contributed by atoms with van der Waals surface area (Å²) in [6, 6.07) is 5.49. The molecule has 2 aromatic carbocycles. The van der Waals surface area contributed by atoms with Crippen molar-refractivity contribution in [3.05, 3.63) is 62.7 Å². The van der Waals surface area contributed by atoms with Crippen LogP contribution in [0.25, 0.3) is 0 Å². The molecular weight excluding hydrogens is 395 g/mol. The highest BCUT2D eigenvalue weighted by Crippen LogP contribution is 2.37. The van der Waals surface area contributed by atoms with Gasteiger partial charge in [-0.15, -0.1) is 0 Å². The molecule has 12 heteroatoms. The van der Waals surface area contributed by atoms with Gasteiger partial charge in [0.15, 0.2) is 0 Å². The summed E-state index contributed by atoms with van der Waals surface area (Å²) in [5, 5.41) is 23.5. The first-order valence-corrected chi connectivity index (χ1v) is 7.31. The second-order valence-electron chi connectivity index (χ2n) is 4.90. The Balaban J connectivity index is 2.37. The molecule has 8 nitrogen and oxygen atoms in total. The summed E-state index contributed by atoms with van der Waals surface area (Å²) in [6.07, 6.45) is -3.98. The monoisotopic (exact) mass is 403 g/mol. The van der Waals surface area contributed by atoms with Crippen molar-refractivity contribution >= 4 is 29.5 Å². The number of nitro benzene ring substituents is 1. The molecule has 0 atom stereocenters. The van der Waals surface area contributed by atoms with E-state index in [1.54, 1.807) is 0 Å². The third-order valence-electron chi connectivity index (χ3n) is 3.15. The highest BCUT2D eigenvalue weighted by atomic mass is 35.5. The molecular formula is C15H9ClF3N3O5. The van der Waals surface area contributed by atoms with Crippen LogP contribution in [-0.4, -0.2) is 22.4 Å². The molecule has 2 N–H and O–H groups in total. The Kier molecular flexibility index (Phi) is 5.85. The minimum atomic E-state index is -4.59. The molecule has 0 bridgehead atoms. The quantitative estimate of drug-likeness (QED) is 0.255. The molecule has 0 aromatic heterocycles. The van der Waals surface area contributed by atoms with Gasteiger partial charge < -0.3 is 15.3 Å². The number of nitrogens with one attached hydrogen (secondary N) is 1. The minimum Gasteiger partial charge on any atom is -0.456 e. The molecule has 0 fully saturated rings. The van der Waals surface area contributed by atoms with Crippen molar-refractivity contribution in [2.24, 2.45) is 5.16 Å². The zero-order valence-corrected chi connectivity index (χ0v) is 13.8. The first-order chi connectivity index (χ1) is 12.6. The van der Waals surface area contributed by atoms with E-state index >= 15 is 0 Å². The Morgan fingerprint density at radius 1 is 1.30 bits per heavy atom.